The summed E-state index contributed by atoms with van der Waals surface area (Å²) in [6.45, 7) is 5.07. The molecule has 2 heterocycles. The van der Waals surface area contributed by atoms with Gasteiger partial charge in [-0.05, 0) is 37.4 Å². The number of fused-ring (bicyclic) bond motifs is 1. The Labute approximate surface area is 174 Å². The molecule has 2 N–H and O–H groups in total. The number of pyridine rings is 1. The summed E-state index contributed by atoms with van der Waals surface area (Å²) in [7, 11) is 0. The fourth-order valence-electron chi connectivity index (χ4n) is 3.23. The smallest absolute Gasteiger partial charge is 0.252 e. The number of hydrogen-bond donors (Lipinski definition) is 1. The van der Waals surface area contributed by atoms with Crippen molar-refractivity contribution in [1.82, 2.24) is 9.88 Å². The van der Waals surface area contributed by atoms with Crippen molar-refractivity contribution in [3.8, 4) is 17.7 Å². The number of morpholine rings is 1. The third kappa shape index (κ3) is 4.96. The molecule has 1 aromatic heterocycles. The normalized spacial score (nSPS) is 16.3. The van der Waals surface area contributed by atoms with E-state index in [2.05, 4.69) is 4.98 Å². The van der Waals surface area contributed by atoms with Crippen LogP contribution in [0, 0.1) is 11.3 Å². The molecule has 1 aliphatic rings. The molecule has 30 heavy (non-hydrogen) atoms. The molecule has 0 spiro atoms. The minimum absolute atomic E-state index is 0.144. The van der Waals surface area contributed by atoms with Gasteiger partial charge in [0.15, 0.2) is 0 Å². The number of rotatable bonds is 7. The Balaban J connectivity index is 1.80. The van der Waals surface area contributed by atoms with Gasteiger partial charge >= 0.3 is 0 Å². The van der Waals surface area contributed by atoms with Crippen LogP contribution in [-0.2, 0) is 9.53 Å². The Morgan fingerprint density at radius 1 is 1.43 bits per heavy atom. The Bertz CT molecular complexity index is 985. The summed E-state index contributed by atoms with van der Waals surface area (Å²) in [6, 6.07) is 6.98. The van der Waals surface area contributed by atoms with Crippen LogP contribution in [0.5, 0.6) is 11.6 Å². The zero-order chi connectivity index (χ0) is 21.7. The fraction of sp³-hybridized carbons (Fsp3) is 0.429. The van der Waals surface area contributed by atoms with Crippen LogP contribution < -0.4 is 15.2 Å². The zero-order valence-corrected chi connectivity index (χ0v) is 17.0. The lowest BCUT2D eigenvalue weighted by Gasteiger charge is -2.32. The van der Waals surface area contributed by atoms with E-state index in [-0.39, 0.29) is 36.7 Å². The van der Waals surface area contributed by atoms with E-state index in [1.807, 2.05) is 19.9 Å². The highest BCUT2D eigenvalue weighted by molar-refractivity contribution is 6.01. The fourth-order valence-corrected chi connectivity index (χ4v) is 3.23. The summed E-state index contributed by atoms with van der Waals surface area (Å²) in [5, 5.41) is 10.1. The van der Waals surface area contributed by atoms with Crippen LogP contribution in [0.2, 0.25) is 0 Å². The van der Waals surface area contributed by atoms with Gasteiger partial charge in [0.1, 0.15) is 24.9 Å². The number of nitriles is 1. The van der Waals surface area contributed by atoms with E-state index < -0.39 is 5.91 Å². The van der Waals surface area contributed by atoms with E-state index in [1.54, 1.807) is 29.3 Å². The van der Waals surface area contributed by atoms with Crippen molar-refractivity contribution in [2.24, 2.45) is 5.73 Å². The highest BCUT2D eigenvalue weighted by atomic mass is 16.5. The van der Waals surface area contributed by atoms with Crippen LogP contribution in [-0.4, -0.2) is 60.2 Å². The van der Waals surface area contributed by atoms with Crippen molar-refractivity contribution >= 4 is 22.6 Å². The first kappa shape index (κ1) is 21.3. The molecule has 1 aromatic carbocycles. The first-order chi connectivity index (χ1) is 14.4. The molecule has 1 aliphatic heterocycles. The molecule has 1 fully saturated rings. The van der Waals surface area contributed by atoms with Gasteiger partial charge in [0.25, 0.3) is 5.91 Å². The molecule has 1 saturated heterocycles. The van der Waals surface area contributed by atoms with Crippen molar-refractivity contribution in [3.05, 3.63) is 30.0 Å². The molecule has 2 amide bonds. The summed E-state index contributed by atoms with van der Waals surface area (Å²) in [4.78, 5) is 29.7. The maximum Gasteiger partial charge on any atom is 0.252 e. The topological polar surface area (TPSA) is 128 Å². The zero-order valence-electron chi connectivity index (χ0n) is 17.0. The highest BCUT2D eigenvalue weighted by Crippen LogP contribution is 2.31. The number of carbonyl (C=O) groups excluding carboxylic acids is 2. The van der Waals surface area contributed by atoms with Crippen molar-refractivity contribution in [1.29, 1.82) is 5.26 Å². The molecular weight excluding hydrogens is 388 g/mol. The number of primary amides is 1. The summed E-state index contributed by atoms with van der Waals surface area (Å²) >= 11 is 0. The number of hydrogen-bond acceptors (Lipinski definition) is 7. The van der Waals surface area contributed by atoms with E-state index in [0.717, 1.165) is 5.39 Å². The van der Waals surface area contributed by atoms with Crippen LogP contribution >= 0.6 is 0 Å². The predicted molar refractivity (Wildman–Crippen MR) is 108 cm³/mol. The molecule has 0 saturated carbocycles. The average molecular weight is 412 g/mol. The van der Waals surface area contributed by atoms with Crippen molar-refractivity contribution in [2.45, 2.75) is 32.5 Å². The monoisotopic (exact) mass is 412 g/mol. The lowest BCUT2D eigenvalue weighted by Crippen LogP contribution is -2.47. The average Bonchev–Trinajstić information content (AvgIpc) is 2.71. The molecular formula is C21H24N4O5. The maximum atomic E-state index is 11.9. The molecule has 0 aliphatic carbocycles. The summed E-state index contributed by atoms with van der Waals surface area (Å²) < 4.78 is 17.3. The number of aromatic nitrogens is 1. The number of amides is 2. The number of benzene rings is 1. The molecule has 1 atom stereocenters. The highest BCUT2D eigenvalue weighted by Gasteiger charge is 2.25. The molecule has 3 rings (SSSR count). The minimum Gasteiger partial charge on any atom is -0.490 e. The van der Waals surface area contributed by atoms with Gasteiger partial charge in [0.05, 0.1) is 30.9 Å². The molecule has 9 heteroatoms. The molecule has 9 nitrogen and oxygen atoms in total. The van der Waals surface area contributed by atoms with Gasteiger partial charge < -0.3 is 24.8 Å². The van der Waals surface area contributed by atoms with E-state index in [9.17, 15) is 9.59 Å². The Kier molecular flexibility index (Phi) is 6.69. The predicted octanol–water partition coefficient (Wildman–Crippen LogP) is 1.64. The molecule has 2 aromatic rings. The Hall–Kier alpha value is -3.38. The van der Waals surface area contributed by atoms with E-state index >= 15 is 0 Å². The Morgan fingerprint density at radius 2 is 2.23 bits per heavy atom. The number of nitrogens with zero attached hydrogens (tertiary/aromatic N) is 3. The molecule has 0 unspecified atom stereocenters. The SMILES string of the molecule is CC(C)Oc1cc2c(OC[C@@H]3CN(C(=O)CC#N)CCO3)nccc2cc1C(N)=O. The van der Waals surface area contributed by atoms with Gasteiger partial charge in [-0.25, -0.2) is 4.98 Å². The number of carbonyl (C=O) groups is 2. The molecule has 158 valence electrons. The van der Waals surface area contributed by atoms with Gasteiger partial charge in [-0.3, -0.25) is 9.59 Å². The van der Waals surface area contributed by atoms with Crippen molar-refractivity contribution < 1.29 is 23.8 Å². The van der Waals surface area contributed by atoms with Crippen molar-refractivity contribution in [3.63, 3.8) is 0 Å². The first-order valence-corrected chi connectivity index (χ1v) is 9.67. The first-order valence-electron chi connectivity index (χ1n) is 9.67. The number of nitrogens with two attached hydrogens (primary N) is 1. The van der Waals surface area contributed by atoms with Gasteiger partial charge in [-0.1, -0.05) is 0 Å². The van der Waals surface area contributed by atoms with Gasteiger partial charge in [0, 0.05) is 18.1 Å². The Morgan fingerprint density at radius 3 is 2.93 bits per heavy atom. The van der Waals surface area contributed by atoms with Crippen LogP contribution in [0.15, 0.2) is 24.4 Å². The summed E-state index contributed by atoms with van der Waals surface area (Å²) in [6.07, 6.45) is 0.943. The van der Waals surface area contributed by atoms with Crippen LogP contribution in [0.3, 0.4) is 0 Å². The standard InChI is InChI=1S/C21H24N4O5/c1-13(2)30-18-10-16-14(9-17(18)20(23)27)4-6-24-21(16)29-12-15-11-25(7-8-28-15)19(26)3-5-22/h4,6,9-10,13,15H,3,7-8,11-12H2,1-2H3,(H2,23,27)/t15-/m0/s1. The van der Waals surface area contributed by atoms with Crippen LogP contribution in [0.1, 0.15) is 30.6 Å². The van der Waals surface area contributed by atoms with Crippen LogP contribution in [0.25, 0.3) is 10.8 Å². The second-order valence-corrected chi connectivity index (χ2v) is 7.19. The number of ether oxygens (including phenoxy) is 3. The van der Waals surface area contributed by atoms with E-state index in [1.165, 1.54) is 0 Å². The summed E-state index contributed by atoms with van der Waals surface area (Å²) in [5.74, 6) is -0.0700. The minimum atomic E-state index is -0.579. The second-order valence-electron chi connectivity index (χ2n) is 7.19. The summed E-state index contributed by atoms with van der Waals surface area (Å²) in [5.41, 5.74) is 5.79. The lowest BCUT2D eigenvalue weighted by molar-refractivity contribution is -0.138. The lowest BCUT2D eigenvalue weighted by atomic mass is 10.1. The third-order valence-corrected chi connectivity index (χ3v) is 4.58. The van der Waals surface area contributed by atoms with Gasteiger partial charge in [-0.15, -0.1) is 0 Å². The second kappa shape index (κ2) is 9.41. The molecule has 0 bridgehead atoms. The third-order valence-electron chi connectivity index (χ3n) is 4.58. The van der Waals surface area contributed by atoms with Gasteiger partial charge in [-0.2, -0.15) is 5.26 Å². The largest absolute Gasteiger partial charge is 0.490 e. The van der Waals surface area contributed by atoms with E-state index in [0.29, 0.717) is 36.7 Å². The van der Waals surface area contributed by atoms with Crippen molar-refractivity contribution in [2.75, 3.05) is 26.3 Å². The van der Waals surface area contributed by atoms with Gasteiger partial charge in [0.2, 0.25) is 11.8 Å². The van der Waals surface area contributed by atoms with E-state index in [4.69, 9.17) is 25.2 Å². The maximum absolute atomic E-state index is 11.9. The van der Waals surface area contributed by atoms with Crippen LogP contribution in [0.4, 0.5) is 0 Å². The quantitative estimate of drug-likeness (QED) is 0.732. The molecule has 0 radical (unpaired) electrons.